The number of hydrogen-bond donors (Lipinski definition) is 1. The Morgan fingerprint density at radius 2 is 1.91 bits per heavy atom. The van der Waals surface area contributed by atoms with Gasteiger partial charge in [0.25, 0.3) is 0 Å². The molecule has 0 saturated heterocycles. The van der Waals surface area contributed by atoms with Gasteiger partial charge in [0.2, 0.25) is 11.7 Å². The smallest absolute Gasteiger partial charge is 0.387 e. The quantitative estimate of drug-likeness (QED) is 0.862. The predicted octanol–water partition coefficient (Wildman–Crippen LogP) is 3.22. The molecular weight excluding hydrogens is 332 g/mol. The minimum atomic E-state index is -2.93. The van der Waals surface area contributed by atoms with Gasteiger partial charge in [0.1, 0.15) is 0 Å². The van der Waals surface area contributed by atoms with Crippen molar-refractivity contribution < 1.29 is 22.8 Å². The van der Waals surface area contributed by atoms with E-state index >= 15 is 0 Å². The molecular formula is C14H18ClF2N3O3. The van der Waals surface area contributed by atoms with E-state index in [0.29, 0.717) is 17.3 Å². The summed E-state index contributed by atoms with van der Waals surface area (Å²) < 4.78 is 39.2. The summed E-state index contributed by atoms with van der Waals surface area (Å²) in [5.41, 5.74) is 6.35. The third-order valence-electron chi connectivity index (χ3n) is 3.26. The summed E-state index contributed by atoms with van der Waals surface area (Å²) in [4.78, 5) is 4.27. The highest BCUT2D eigenvalue weighted by atomic mass is 35.5. The normalized spacial score (nSPS) is 13.3. The monoisotopic (exact) mass is 349 g/mol. The maximum absolute atomic E-state index is 12.3. The van der Waals surface area contributed by atoms with Crippen molar-refractivity contribution in [2.75, 3.05) is 7.11 Å². The number of benzene rings is 1. The highest BCUT2D eigenvalue weighted by molar-refractivity contribution is 5.85. The number of rotatable bonds is 6. The van der Waals surface area contributed by atoms with Crippen LogP contribution in [0.15, 0.2) is 22.7 Å². The Balaban J connectivity index is 0.00000264. The zero-order chi connectivity index (χ0) is 16.3. The molecule has 0 amide bonds. The van der Waals surface area contributed by atoms with E-state index in [9.17, 15) is 8.78 Å². The molecule has 2 N–H and O–H groups in total. The lowest BCUT2D eigenvalue weighted by Crippen LogP contribution is -2.22. The molecule has 23 heavy (non-hydrogen) atoms. The molecule has 0 aliphatic rings. The molecule has 1 aromatic heterocycles. The average Bonchev–Trinajstić information content (AvgIpc) is 2.95. The largest absolute Gasteiger partial charge is 0.493 e. The van der Waals surface area contributed by atoms with E-state index in [1.54, 1.807) is 6.07 Å². The molecule has 0 aliphatic heterocycles. The van der Waals surface area contributed by atoms with Gasteiger partial charge in [-0.1, -0.05) is 12.1 Å². The molecule has 0 bridgehead atoms. The van der Waals surface area contributed by atoms with Crippen LogP contribution >= 0.6 is 12.4 Å². The summed E-state index contributed by atoms with van der Waals surface area (Å²) in [5, 5.41) is 3.87. The first-order valence-electron chi connectivity index (χ1n) is 6.64. The Bertz CT molecular complexity index is 637. The number of methoxy groups -OCH3 is 1. The first-order chi connectivity index (χ1) is 10.4. The van der Waals surface area contributed by atoms with E-state index < -0.39 is 6.61 Å². The third-order valence-corrected chi connectivity index (χ3v) is 3.26. The van der Waals surface area contributed by atoms with Crippen molar-refractivity contribution in [2.45, 2.75) is 32.4 Å². The van der Waals surface area contributed by atoms with Gasteiger partial charge in [-0.05, 0) is 25.1 Å². The summed E-state index contributed by atoms with van der Waals surface area (Å²) in [7, 11) is 1.36. The van der Waals surface area contributed by atoms with Crippen LogP contribution in [0.2, 0.25) is 0 Å². The summed E-state index contributed by atoms with van der Waals surface area (Å²) >= 11 is 0. The summed E-state index contributed by atoms with van der Waals surface area (Å²) in [6.07, 6.45) is 0. The van der Waals surface area contributed by atoms with Crippen molar-refractivity contribution in [1.29, 1.82) is 0 Å². The Hall–Kier alpha value is -1.93. The summed E-state index contributed by atoms with van der Waals surface area (Å²) in [6, 6.07) is 4.28. The Kier molecular flexibility index (Phi) is 6.71. The number of nitrogens with zero attached hydrogens (tertiary/aromatic N) is 2. The molecule has 2 atom stereocenters. The van der Waals surface area contributed by atoms with Crippen LogP contribution in [0.5, 0.6) is 11.5 Å². The van der Waals surface area contributed by atoms with Crippen LogP contribution < -0.4 is 15.2 Å². The molecule has 0 fully saturated rings. The van der Waals surface area contributed by atoms with E-state index in [2.05, 4.69) is 14.9 Å². The van der Waals surface area contributed by atoms with Gasteiger partial charge in [-0.2, -0.15) is 13.8 Å². The first kappa shape index (κ1) is 19.1. The van der Waals surface area contributed by atoms with Crippen LogP contribution in [-0.4, -0.2) is 29.9 Å². The van der Waals surface area contributed by atoms with Crippen molar-refractivity contribution in [3.63, 3.8) is 0 Å². The van der Waals surface area contributed by atoms with E-state index in [0.717, 1.165) is 0 Å². The van der Waals surface area contributed by atoms with Crippen molar-refractivity contribution >= 4 is 12.4 Å². The zero-order valence-electron chi connectivity index (χ0n) is 12.8. The molecule has 0 spiro atoms. The van der Waals surface area contributed by atoms with Crippen LogP contribution in [-0.2, 0) is 0 Å². The molecule has 0 saturated carbocycles. The number of hydrogen-bond acceptors (Lipinski definition) is 6. The van der Waals surface area contributed by atoms with Gasteiger partial charge in [0, 0.05) is 11.6 Å². The second-order valence-electron chi connectivity index (χ2n) is 4.85. The van der Waals surface area contributed by atoms with E-state index in [4.69, 9.17) is 15.0 Å². The highest BCUT2D eigenvalue weighted by Crippen LogP contribution is 2.33. The number of alkyl halides is 2. The average molecular weight is 350 g/mol. The Morgan fingerprint density at radius 1 is 1.22 bits per heavy atom. The van der Waals surface area contributed by atoms with Gasteiger partial charge in [0.05, 0.1) is 13.0 Å². The van der Waals surface area contributed by atoms with E-state index in [1.807, 2.05) is 13.8 Å². The summed E-state index contributed by atoms with van der Waals surface area (Å²) in [6.45, 7) is 0.791. The van der Waals surface area contributed by atoms with Gasteiger partial charge >= 0.3 is 6.61 Å². The number of halogens is 3. The van der Waals surface area contributed by atoms with Gasteiger partial charge in [-0.15, -0.1) is 12.4 Å². The molecule has 6 nitrogen and oxygen atoms in total. The second kappa shape index (κ2) is 8.07. The maximum atomic E-state index is 12.3. The molecule has 2 aromatic rings. The predicted molar refractivity (Wildman–Crippen MR) is 82.2 cm³/mol. The fraction of sp³-hybridized carbons (Fsp3) is 0.429. The SMILES string of the molecule is COc1cc(-c2noc(C(C)C(C)N)n2)ccc1OC(F)F.Cl. The van der Waals surface area contributed by atoms with Crippen molar-refractivity contribution in [1.82, 2.24) is 10.1 Å². The standard InChI is InChI=1S/C14H17F2N3O3.ClH/c1-7(8(2)17)13-18-12(19-22-13)9-4-5-10(21-14(15)16)11(6-9)20-3;/h4-8,14H,17H2,1-3H3;1H. The van der Waals surface area contributed by atoms with Crippen molar-refractivity contribution in [2.24, 2.45) is 5.73 Å². The highest BCUT2D eigenvalue weighted by Gasteiger charge is 2.19. The lowest BCUT2D eigenvalue weighted by atomic mass is 10.1. The van der Waals surface area contributed by atoms with Crippen LogP contribution in [0.3, 0.4) is 0 Å². The lowest BCUT2D eigenvalue weighted by molar-refractivity contribution is -0.0512. The number of nitrogens with two attached hydrogens (primary N) is 1. The van der Waals surface area contributed by atoms with Crippen LogP contribution in [0.25, 0.3) is 11.4 Å². The zero-order valence-corrected chi connectivity index (χ0v) is 13.6. The minimum Gasteiger partial charge on any atom is -0.493 e. The topological polar surface area (TPSA) is 83.4 Å². The van der Waals surface area contributed by atoms with Crippen molar-refractivity contribution in [3.8, 4) is 22.9 Å². The summed E-state index contributed by atoms with van der Waals surface area (Å²) in [5.74, 6) is 0.740. The Labute approximate surface area is 138 Å². The maximum Gasteiger partial charge on any atom is 0.387 e. The third kappa shape index (κ3) is 4.52. The van der Waals surface area contributed by atoms with Gasteiger partial charge in [-0.3, -0.25) is 0 Å². The van der Waals surface area contributed by atoms with Crippen LogP contribution in [0, 0.1) is 0 Å². The fourth-order valence-corrected chi connectivity index (χ4v) is 1.76. The van der Waals surface area contributed by atoms with Gasteiger partial charge < -0.3 is 19.7 Å². The number of ether oxygens (including phenoxy) is 2. The lowest BCUT2D eigenvalue weighted by Gasteiger charge is -2.10. The minimum absolute atomic E-state index is 0. The van der Waals surface area contributed by atoms with Gasteiger partial charge in [-0.25, -0.2) is 0 Å². The molecule has 2 unspecified atom stereocenters. The molecule has 0 aliphatic carbocycles. The van der Waals surface area contributed by atoms with Crippen molar-refractivity contribution in [3.05, 3.63) is 24.1 Å². The van der Waals surface area contributed by atoms with Crippen LogP contribution in [0.1, 0.15) is 25.7 Å². The van der Waals surface area contributed by atoms with E-state index in [1.165, 1.54) is 19.2 Å². The molecule has 9 heteroatoms. The molecule has 1 heterocycles. The van der Waals surface area contributed by atoms with Gasteiger partial charge in [0.15, 0.2) is 11.5 Å². The number of aromatic nitrogens is 2. The second-order valence-corrected chi connectivity index (χ2v) is 4.85. The molecule has 2 rings (SSSR count). The fourth-order valence-electron chi connectivity index (χ4n) is 1.76. The Morgan fingerprint density at radius 3 is 2.48 bits per heavy atom. The molecule has 1 aromatic carbocycles. The van der Waals surface area contributed by atoms with Crippen LogP contribution in [0.4, 0.5) is 8.78 Å². The van der Waals surface area contributed by atoms with E-state index in [-0.39, 0.29) is 35.9 Å². The molecule has 0 radical (unpaired) electrons. The molecule has 128 valence electrons. The first-order valence-corrected chi connectivity index (χ1v) is 6.64.